The predicted molar refractivity (Wildman–Crippen MR) is 162 cm³/mol. The summed E-state index contributed by atoms with van der Waals surface area (Å²) in [6.07, 6.45) is 28.7. The fraction of sp³-hybridized carbons (Fsp3) is 0.939. The van der Waals surface area contributed by atoms with Crippen LogP contribution in [0.4, 0.5) is 0 Å². The Labute approximate surface area is 232 Å². The number of rotatable bonds is 28. The Morgan fingerprint density at radius 2 is 0.703 bits per heavy atom. The van der Waals surface area contributed by atoms with E-state index in [0.717, 1.165) is 51.6 Å². The lowest BCUT2D eigenvalue weighted by Gasteiger charge is -2.13. The fourth-order valence-corrected chi connectivity index (χ4v) is 4.98. The molecule has 2 N–H and O–H groups in total. The zero-order valence-electron chi connectivity index (χ0n) is 25.6. The zero-order chi connectivity index (χ0) is 27.4. The summed E-state index contributed by atoms with van der Waals surface area (Å²) in [4.78, 5) is 24.5. The standard InChI is InChI=1S/C33H66N2O2/c1-5-7-9-11-13-15-18-22-26-30(3)32(36)34-28-24-20-17-21-25-29-35-33(37)31(4)27-23-19-16-14-12-10-8-6-2/h30-31H,5-29H2,1-4H3,(H,34,36)(H,35,37)/t30-,31-/m0/s1. The van der Waals surface area contributed by atoms with Crippen LogP contribution < -0.4 is 10.6 Å². The Kier molecular flexibility index (Phi) is 27.2. The van der Waals surface area contributed by atoms with Crippen molar-refractivity contribution in [2.45, 2.75) is 175 Å². The Balaban J connectivity index is 3.47. The van der Waals surface area contributed by atoms with E-state index in [4.69, 9.17) is 0 Å². The molecule has 0 rings (SSSR count). The smallest absolute Gasteiger partial charge is 0.222 e. The number of carbonyl (C=O) groups excluding carboxylic acids is 2. The molecule has 2 atom stereocenters. The lowest BCUT2D eigenvalue weighted by atomic mass is 10.0. The van der Waals surface area contributed by atoms with E-state index < -0.39 is 0 Å². The van der Waals surface area contributed by atoms with Gasteiger partial charge in [-0.15, -0.1) is 0 Å². The van der Waals surface area contributed by atoms with Crippen molar-refractivity contribution in [3.63, 3.8) is 0 Å². The van der Waals surface area contributed by atoms with Crippen LogP contribution in [0.1, 0.15) is 175 Å². The Morgan fingerprint density at radius 1 is 0.432 bits per heavy atom. The number of carbonyl (C=O) groups is 2. The third-order valence-corrected chi connectivity index (χ3v) is 7.83. The van der Waals surface area contributed by atoms with Crippen LogP contribution in [0.25, 0.3) is 0 Å². The molecule has 0 aliphatic rings. The quantitative estimate of drug-likeness (QED) is 0.100. The van der Waals surface area contributed by atoms with Crippen LogP contribution in [0, 0.1) is 11.8 Å². The van der Waals surface area contributed by atoms with Crippen LogP contribution in [-0.2, 0) is 9.59 Å². The molecule has 0 unspecified atom stereocenters. The van der Waals surface area contributed by atoms with Crippen LogP contribution in [0.2, 0.25) is 0 Å². The van der Waals surface area contributed by atoms with Crippen LogP contribution in [0.15, 0.2) is 0 Å². The molecule has 0 bridgehead atoms. The van der Waals surface area contributed by atoms with Gasteiger partial charge in [0, 0.05) is 24.9 Å². The van der Waals surface area contributed by atoms with Gasteiger partial charge in [0.2, 0.25) is 11.8 Å². The second kappa shape index (κ2) is 28.0. The third-order valence-electron chi connectivity index (χ3n) is 7.83. The molecule has 0 fully saturated rings. The predicted octanol–water partition coefficient (Wildman–Crippen LogP) is 9.50. The molecule has 0 saturated carbocycles. The van der Waals surface area contributed by atoms with E-state index in [1.54, 1.807) is 0 Å². The molecule has 0 aromatic carbocycles. The molecule has 0 aliphatic carbocycles. The van der Waals surface area contributed by atoms with Crippen molar-refractivity contribution in [3.05, 3.63) is 0 Å². The van der Waals surface area contributed by atoms with E-state index >= 15 is 0 Å². The maximum Gasteiger partial charge on any atom is 0.222 e. The average molecular weight is 523 g/mol. The first-order valence-corrected chi connectivity index (χ1v) is 16.6. The van der Waals surface area contributed by atoms with Crippen molar-refractivity contribution in [3.8, 4) is 0 Å². The van der Waals surface area contributed by atoms with E-state index in [1.165, 1.54) is 109 Å². The highest BCUT2D eigenvalue weighted by Gasteiger charge is 2.12. The molecule has 0 radical (unpaired) electrons. The van der Waals surface area contributed by atoms with Gasteiger partial charge < -0.3 is 10.6 Å². The van der Waals surface area contributed by atoms with Gasteiger partial charge in [-0.2, -0.15) is 0 Å². The molecule has 0 aromatic heterocycles. The lowest BCUT2D eigenvalue weighted by molar-refractivity contribution is -0.125. The molecular weight excluding hydrogens is 456 g/mol. The molecule has 4 heteroatoms. The largest absolute Gasteiger partial charge is 0.356 e. The van der Waals surface area contributed by atoms with Gasteiger partial charge in [-0.25, -0.2) is 0 Å². The summed E-state index contributed by atoms with van der Waals surface area (Å²) in [6.45, 7) is 10.3. The maximum absolute atomic E-state index is 12.3. The number of nitrogens with one attached hydrogen (secondary N) is 2. The minimum atomic E-state index is 0.140. The summed E-state index contributed by atoms with van der Waals surface area (Å²) in [6, 6.07) is 0. The molecule has 0 aliphatic heterocycles. The van der Waals surface area contributed by atoms with Gasteiger partial charge in [-0.05, 0) is 25.7 Å². The Hall–Kier alpha value is -1.06. The van der Waals surface area contributed by atoms with Crippen molar-refractivity contribution < 1.29 is 9.59 Å². The summed E-state index contributed by atoms with van der Waals surface area (Å²) in [5.74, 6) is 0.738. The van der Waals surface area contributed by atoms with E-state index in [1.807, 2.05) is 0 Å². The Morgan fingerprint density at radius 3 is 1.03 bits per heavy atom. The van der Waals surface area contributed by atoms with Gasteiger partial charge in [0.1, 0.15) is 0 Å². The summed E-state index contributed by atoms with van der Waals surface area (Å²) < 4.78 is 0. The van der Waals surface area contributed by atoms with E-state index in [0.29, 0.717) is 0 Å². The summed E-state index contributed by atoms with van der Waals surface area (Å²) in [5, 5.41) is 6.25. The first-order chi connectivity index (χ1) is 18.0. The van der Waals surface area contributed by atoms with Crippen molar-refractivity contribution in [2.75, 3.05) is 13.1 Å². The molecule has 220 valence electrons. The molecular formula is C33H66N2O2. The maximum atomic E-state index is 12.3. The van der Waals surface area contributed by atoms with Crippen LogP contribution in [0.3, 0.4) is 0 Å². The summed E-state index contributed by atoms with van der Waals surface area (Å²) in [5.41, 5.74) is 0. The number of hydrogen-bond acceptors (Lipinski definition) is 2. The molecule has 0 heterocycles. The second-order valence-corrected chi connectivity index (χ2v) is 11.7. The molecule has 2 amide bonds. The lowest BCUT2D eigenvalue weighted by Crippen LogP contribution is -2.30. The number of amides is 2. The first kappa shape index (κ1) is 35.9. The molecule has 37 heavy (non-hydrogen) atoms. The topological polar surface area (TPSA) is 58.2 Å². The molecule has 0 saturated heterocycles. The van der Waals surface area contributed by atoms with Crippen molar-refractivity contribution in [2.24, 2.45) is 11.8 Å². The van der Waals surface area contributed by atoms with Crippen LogP contribution >= 0.6 is 0 Å². The van der Waals surface area contributed by atoms with Gasteiger partial charge in [0.05, 0.1) is 0 Å². The highest BCUT2D eigenvalue weighted by Crippen LogP contribution is 2.14. The van der Waals surface area contributed by atoms with E-state index in [2.05, 4.69) is 38.3 Å². The van der Waals surface area contributed by atoms with E-state index in [-0.39, 0.29) is 23.7 Å². The van der Waals surface area contributed by atoms with Crippen molar-refractivity contribution >= 4 is 11.8 Å². The van der Waals surface area contributed by atoms with Crippen molar-refractivity contribution in [1.29, 1.82) is 0 Å². The van der Waals surface area contributed by atoms with Gasteiger partial charge in [-0.1, -0.05) is 150 Å². The summed E-state index contributed by atoms with van der Waals surface area (Å²) >= 11 is 0. The monoisotopic (exact) mass is 523 g/mol. The SMILES string of the molecule is CCCCCCCCCC[C@H](C)C(=O)NCCCCCCCNC(=O)[C@@H](C)CCCCCCCCCC. The van der Waals surface area contributed by atoms with Crippen LogP contribution in [0.5, 0.6) is 0 Å². The highest BCUT2D eigenvalue weighted by molar-refractivity contribution is 5.78. The summed E-state index contributed by atoms with van der Waals surface area (Å²) in [7, 11) is 0. The third kappa shape index (κ3) is 25.0. The molecule has 0 spiro atoms. The minimum absolute atomic E-state index is 0.140. The normalized spacial score (nSPS) is 12.9. The highest BCUT2D eigenvalue weighted by atomic mass is 16.2. The Bertz CT molecular complexity index is 465. The second-order valence-electron chi connectivity index (χ2n) is 11.7. The molecule has 4 nitrogen and oxygen atoms in total. The van der Waals surface area contributed by atoms with Crippen molar-refractivity contribution in [1.82, 2.24) is 10.6 Å². The van der Waals surface area contributed by atoms with Gasteiger partial charge in [-0.3, -0.25) is 9.59 Å². The van der Waals surface area contributed by atoms with Gasteiger partial charge >= 0.3 is 0 Å². The van der Waals surface area contributed by atoms with Gasteiger partial charge in [0.25, 0.3) is 0 Å². The average Bonchev–Trinajstić information content (AvgIpc) is 2.90. The minimum Gasteiger partial charge on any atom is -0.356 e. The van der Waals surface area contributed by atoms with Crippen LogP contribution in [-0.4, -0.2) is 24.9 Å². The molecule has 0 aromatic rings. The van der Waals surface area contributed by atoms with E-state index in [9.17, 15) is 9.59 Å². The fourth-order valence-electron chi connectivity index (χ4n) is 4.98. The zero-order valence-corrected chi connectivity index (χ0v) is 25.6. The van der Waals surface area contributed by atoms with Gasteiger partial charge in [0.15, 0.2) is 0 Å². The first-order valence-electron chi connectivity index (χ1n) is 16.6. The number of unbranched alkanes of at least 4 members (excludes halogenated alkanes) is 18. The number of hydrogen-bond donors (Lipinski definition) is 2.